The Morgan fingerprint density at radius 2 is 2.00 bits per heavy atom. The number of fused-ring (bicyclic) bond motifs is 1. The van der Waals surface area contributed by atoms with Crippen LogP contribution in [0.25, 0.3) is 16.9 Å². The molecule has 0 atom stereocenters. The zero-order valence-corrected chi connectivity index (χ0v) is 16.0. The number of hydrogen-bond donors (Lipinski definition) is 1. The van der Waals surface area contributed by atoms with Gasteiger partial charge >= 0.3 is 6.01 Å². The number of pyridine rings is 1. The quantitative estimate of drug-likeness (QED) is 0.545. The smallest absolute Gasteiger partial charge is 0.316 e. The van der Waals surface area contributed by atoms with Crippen molar-refractivity contribution in [3.8, 4) is 23.0 Å². The number of nitrogens with one attached hydrogen (secondary N) is 1. The van der Waals surface area contributed by atoms with Crippen molar-refractivity contribution in [2.75, 3.05) is 19.0 Å². The second kappa shape index (κ2) is 7.97. The van der Waals surface area contributed by atoms with E-state index in [2.05, 4.69) is 15.3 Å². The molecular formula is C21H19N5O3. The summed E-state index contributed by atoms with van der Waals surface area (Å²) in [7, 11) is 1.55. The van der Waals surface area contributed by atoms with Crippen molar-refractivity contribution < 1.29 is 14.3 Å². The number of rotatable bonds is 6. The Hall–Kier alpha value is -3.94. The second-order valence-corrected chi connectivity index (χ2v) is 6.33. The number of ether oxygens (including phenoxy) is 2. The molecule has 0 aliphatic carbocycles. The third-order valence-electron chi connectivity index (χ3n) is 4.32. The molecular weight excluding hydrogens is 370 g/mol. The molecule has 146 valence electrons. The number of imidazole rings is 1. The first-order chi connectivity index (χ1) is 14.1. The summed E-state index contributed by atoms with van der Waals surface area (Å²) in [5, 5.41) is 2.81. The van der Waals surface area contributed by atoms with E-state index in [-0.39, 0.29) is 18.5 Å². The fourth-order valence-electron chi connectivity index (χ4n) is 2.93. The third-order valence-corrected chi connectivity index (χ3v) is 4.32. The van der Waals surface area contributed by atoms with E-state index in [1.165, 1.54) is 0 Å². The van der Waals surface area contributed by atoms with Crippen molar-refractivity contribution in [3.05, 3.63) is 66.7 Å². The molecule has 4 rings (SSSR count). The zero-order chi connectivity index (χ0) is 20.2. The largest absolute Gasteiger partial charge is 0.495 e. The monoisotopic (exact) mass is 389 g/mol. The van der Waals surface area contributed by atoms with Crippen LogP contribution >= 0.6 is 0 Å². The van der Waals surface area contributed by atoms with Crippen LogP contribution in [-0.4, -0.2) is 39.0 Å². The van der Waals surface area contributed by atoms with Crippen molar-refractivity contribution in [2.45, 2.75) is 6.92 Å². The highest BCUT2D eigenvalue weighted by Crippen LogP contribution is 2.30. The van der Waals surface area contributed by atoms with Gasteiger partial charge in [-0.3, -0.25) is 4.79 Å². The topological polar surface area (TPSA) is 90.6 Å². The van der Waals surface area contributed by atoms with E-state index in [1.807, 2.05) is 48.0 Å². The highest BCUT2D eigenvalue weighted by Gasteiger charge is 2.13. The number of anilines is 1. The molecule has 0 fully saturated rings. The van der Waals surface area contributed by atoms with E-state index in [1.54, 1.807) is 31.6 Å². The lowest BCUT2D eigenvalue weighted by atomic mass is 10.1. The summed E-state index contributed by atoms with van der Waals surface area (Å²) in [4.78, 5) is 24.9. The first-order valence-corrected chi connectivity index (χ1v) is 8.96. The van der Waals surface area contributed by atoms with Crippen LogP contribution in [0.2, 0.25) is 0 Å². The van der Waals surface area contributed by atoms with Crippen LogP contribution in [0.4, 0.5) is 5.69 Å². The average Bonchev–Trinajstić information content (AvgIpc) is 3.19. The van der Waals surface area contributed by atoms with E-state index in [9.17, 15) is 4.79 Å². The van der Waals surface area contributed by atoms with Crippen LogP contribution < -0.4 is 14.8 Å². The molecule has 0 aliphatic rings. The van der Waals surface area contributed by atoms with E-state index in [0.717, 1.165) is 22.5 Å². The van der Waals surface area contributed by atoms with Crippen LogP contribution in [0.15, 0.2) is 61.2 Å². The highest BCUT2D eigenvalue weighted by atomic mass is 16.5. The summed E-state index contributed by atoms with van der Waals surface area (Å²) in [5.41, 5.74) is 4.16. The molecule has 4 aromatic rings. The molecule has 3 heterocycles. The maximum absolute atomic E-state index is 12.3. The van der Waals surface area contributed by atoms with Crippen molar-refractivity contribution in [2.24, 2.45) is 0 Å². The summed E-state index contributed by atoms with van der Waals surface area (Å²) in [6.45, 7) is 1.80. The van der Waals surface area contributed by atoms with Gasteiger partial charge in [0.15, 0.2) is 6.61 Å². The standard InChI is InChI=1S/C21H19N5O3/c1-14-5-3-10-26-12-17(25-20(14)26)15-6-7-18(28-2)16(11-15)24-19(27)13-29-21-22-8-4-9-23-21/h3-12H,13H2,1-2H3,(H,24,27). The van der Waals surface area contributed by atoms with Gasteiger partial charge in [0.1, 0.15) is 11.4 Å². The molecule has 8 heteroatoms. The van der Waals surface area contributed by atoms with Crippen LogP contribution in [0.1, 0.15) is 5.56 Å². The molecule has 0 saturated carbocycles. The number of carbonyl (C=O) groups is 1. The van der Waals surface area contributed by atoms with Gasteiger partial charge in [0.05, 0.1) is 18.5 Å². The number of methoxy groups -OCH3 is 1. The summed E-state index contributed by atoms with van der Waals surface area (Å²) in [6.07, 6.45) is 6.99. The summed E-state index contributed by atoms with van der Waals surface area (Å²) < 4.78 is 12.6. The van der Waals surface area contributed by atoms with Gasteiger partial charge in [-0.05, 0) is 42.8 Å². The molecule has 0 radical (unpaired) electrons. The molecule has 0 bridgehead atoms. The van der Waals surface area contributed by atoms with Crippen molar-refractivity contribution >= 4 is 17.2 Å². The SMILES string of the molecule is COc1ccc(-c2cn3cccc(C)c3n2)cc1NC(=O)COc1ncccn1. The maximum atomic E-state index is 12.3. The van der Waals surface area contributed by atoms with Gasteiger partial charge in [-0.15, -0.1) is 0 Å². The Labute approximate surface area is 167 Å². The number of aryl methyl sites for hydroxylation is 1. The first-order valence-electron chi connectivity index (χ1n) is 8.96. The lowest BCUT2D eigenvalue weighted by Gasteiger charge is -2.11. The molecule has 29 heavy (non-hydrogen) atoms. The minimum absolute atomic E-state index is 0.142. The Kier molecular flexibility index (Phi) is 5.07. The predicted octanol–water partition coefficient (Wildman–Crippen LogP) is 3.13. The normalized spacial score (nSPS) is 10.7. The molecule has 0 saturated heterocycles. The summed E-state index contributed by atoms with van der Waals surface area (Å²) >= 11 is 0. The highest BCUT2D eigenvalue weighted by molar-refractivity contribution is 5.94. The van der Waals surface area contributed by atoms with Gasteiger partial charge < -0.3 is 19.2 Å². The fourth-order valence-corrected chi connectivity index (χ4v) is 2.93. The Balaban J connectivity index is 1.56. The van der Waals surface area contributed by atoms with E-state index >= 15 is 0 Å². The molecule has 8 nitrogen and oxygen atoms in total. The maximum Gasteiger partial charge on any atom is 0.316 e. The van der Waals surface area contributed by atoms with Gasteiger partial charge in [-0.1, -0.05) is 6.07 Å². The van der Waals surface area contributed by atoms with Crippen LogP contribution in [0.3, 0.4) is 0 Å². The Bertz CT molecular complexity index is 1160. The number of benzene rings is 1. The minimum Gasteiger partial charge on any atom is -0.495 e. The number of carbonyl (C=O) groups excluding carboxylic acids is 1. The van der Waals surface area contributed by atoms with E-state index in [0.29, 0.717) is 11.4 Å². The predicted molar refractivity (Wildman–Crippen MR) is 108 cm³/mol. The molecule has 3 aromatic heterocycles. The van der Waals surface area contributed by atoms with Gasteiger partial charge in [0, 0.05) is 30.4 Å². The summed E-state index contributed by atoms with van der Waals surface area (Å²) in [6, 6.07) is 11.3. The third kappa shape index (κ3) is 4.01. The Morgan fingerprint density at radius 1 is 1.17 bits per heavy atom. The second-order valence-electron chi connectivity index (χ2n) is 6.33. The van der Waals surface area contributed by atoms with Gasteiger partial charge in [-0.2, -0.15) is 0 Å². The van der Waals surface area contributed by atoms with Gasteiger partial charge in [-0.25, -0.2) is 15.0 Å². The molecule has 0 aliphatic heterocycles. The molecule has 1 amide bonds. The molecule has 0 unspecified atom stereocenters. The molecule has 1 N–H and O–H groups in total. The van der Waals surface area contributed by atoms with E-state index < -0.39 is 0 Å². The average molecular weight is 389 g/mol. The molecule has 0 spiro atoms. The van der Waals surface area contributed by atoms with Crippen LogP contribution in [0, 0.1) is 6.92 Å². The minimum atomic E-state index is -0.348. The van der Waals surface area contributed by atoms with Gasteiger partial charge in [0.2, 0.25) is 0 Å². The lowest BCUT2D eigenvalue weighted by molar-refractivity contribution is -0.118. The van der Waals surface area contributed by atoms with Crippen molar-refractivity contribution in [3.63, 3.8) is 0 Å². The lowest BCUT2D eigenvalue weighted by Crippen LogP contribution is -2.21. The first kappa shape index (κ1) is 18.4. The Morgan fingerprint density at radius 3 is 2.76 bits per heavy atom. The number of amides is 1. The zero-order valence-electron chi connectivity index (χ0n) is 16.0. The fraction of sp³-hybridized carbons (Fsp3) is 0.143. The number of nitrogens with zero attached hydrogens (tertiary/aromatic N) is 4. The molecule has 1 aromatic carbocycles. The van der Waals surface area contributed by atoms with Crippen LogP contribution in [0.5, 0.6) is 11.8 Å². The summed E-state index contributed by atoms with van der Waals surface area (Å²) in [5.74, 6) is 0.191. The number of aromatic nitrogens is 4. The van der Waals surface area contributed by atoms with Crippen molar-refractivity contribution in [1.29, 1.82) is 0 Å². The van der Waals surface area contributed by atoms with Crippen molar-refractivity contribution in [1.82, 2.24) is 19.4 Å². The van der Waals surface area contributed by atoms with Crippen LogP contribution in [-0.2, 0) is 4.79 Å². The number of hydrogen-bond acceptors (Lipinski definition) is 6. The van der Waals surface area contributed by atoms with E-state index in [4.69, 9.17) is 14.5 Å². The van der Waals surface area contributed by atoms with Gasteiger partial charge in [0.25, 0.3) is 5.91 Å².